The number of benzene rings is 1. The van der Waals surface area contributed by atoms with E-state index in [1.54, 1.807) is 11.3 Å². The molecule has 2 heterocycles. The molecule has 27 heavy (non-hydrogen) atoms. The molecular formula is C21H17N3OS2. The molecule has 0 amide bonds. The van der Waals surface area contributed by atoms with Gasteiger partial charge in [0.2, 0.25) is 5.88 Å². The number of aromatic nitrogens is 1. The third-order valence-corrected chi connectivity index (χ3v) is 5.60. The van der Waals surface area contributed by atoms with Gasteiger partial charge >= 0.3 is 0 Å². The van der Waals surface area contributed by atoms with E-state index in [0.717, 1.165) is 47.5 Å². The highest BCUT2D eigenvalue weighted by Gasteiger charge is 2.25. The fourth-order valence-electron chi connectivity index (χ4n) is 3.34. The number of pyridine rings is 1. The summed E-state index contributed by atoms with van der Waals surface area (Å²) in [5, 5.41) is 15.1. The van der Waals surface area contributed by atoms with E-state index in [1.807, 2.05) is 47.8 Å². The van der Waals surface area contributed by atoms with Crippen molar-refractivity contribution in [3.05, 3.63) is 64.7 Å². The van der Waals surface area contributed by atoms with Gasteiger partial charge < -0.3 is 10.1 Å². The summed E-state index contributed by atoms with van der Waals surface area (Å²) < 4.78 is 5.84. The molecule has 0 aliphatic heterocycles. The molecule has 3 aromatic rings. The summed E-state index contributed by atoms with van der Waals surface area (Å²) >= 11 is 6.97. The molecule has 0 bridgehead atoms. The van der Waals surface area contributed by atoms with Crippen molar-refractivity contribution in [3.63, 3.8) is 0 Å². The predicted octanol–water partition coefficient (Wildman–Crippen LogP) is 5.34. The van der Waals surface area contributed by atoms with Gasteiger partial charge in [-0.3, -0.25) is 0 Å². The van der Waals surface area contributed by atoms with Gasteiger partial charge in [-0.2, -0.15) is 5.26 Å². The van der Waals surface area contributed by atoms with Gasteiger partial charge in [0.25, 0.3) is 5.17 Å². The van der Waals surface area contributed by atoms with Crippen molar-refractivity contribution in [1.82, 2.24) is 4.98 Å². The van der Waals surface area contributed by atoms with Crippen LogP contribution < -0.4 is 10.1 Å². The fourth-order valence-corrected chi connectivity index (χ4v) is 4.34. The van der Waals surface area contributed by atoms with Crippen LogP contribution in [-0.2, 0) is 12.8 Å². The maximum atomic E-state index is 9.87. The van der Waals surface area contributed by atoms with Crippen molar-refractivity contribution in [2.24, 2.45) is 0 Å². The van der Waals surface area contributed by atoms with Gasteiger partial charge in [-0.25, -0.2) is 4.98 Å². The Morgan fingerprint density at radius 1 is 1.15 bits per heavy atom. The quantitative estimate of drug-likeness (QED) is 0.611. The first kappa shape index (κ1) is 17.7. The number of aryl methyl sites for hydroxylation is 1. The number of hydrogen-bond acceptors (Lipinski definition) is 5. The number of hydrogen-bond donors (Lipinski definition) is 1. The third kappa shape index (κ3) is 3.70. The lowest BCUT2D eigenvalue weighted by Gasteiger charge is -2.21. The molecule has 2 aromatic heterocycles. The Bertz CT molecular complexity index is 1010. The summed E-state index contributed by atoms with van der Waals surface area (Å²) in [6.07, 6.45) is 4.06. The van der Waals surface area contributed by atoms with Gasteiger partial charge in [-0.15, -0.1) is 11.3 Å². The van der Waals surface area contributed by atoms with E-state index in [-0.39, 0.29) is 11.1 Å². The molecule has 4 nitrogen and oxygen atoms in total. The van der Waals surface area contributed by atoms with Crippen LogP contribution in [0.25, 0.3) is 10.4 Å². The summed E-state index contributed by atoms with van der Waals surface area (Å²) in [5.41, 5.74) is 4.43. The van der Waals surface area contributed by atoms with E-state index < -0.39 is 0 Å². The standard InChI is InChI=1S/C21H17N3OS2/c22-13-16-19(18-11-6-12-27-18)15-9-4-5-10-17(15)24-20(16)25-21(26)23-14-7-2-1-3-8-14/h1-3,6-8,11-12H,4-5,9-10H2,(H,23,26). The van der Waals surface area contributed by atoms with E-state index in [9.17, 15) is 5.26 Å². The molecule has 1 N–H and O–H groups in total. The number of para-hydroxylation sites is 1. The molecule has 0 spiro atoms. The van der Waals surface area contributed by atoms with Gasteiger partial charge in [0, 0.05) is 21.8 Å². The maximum absolute atomic E-state index is 9.87. The topological polar surface area (TPSA) is 57.9 Å². The van der Waals surface area contributed by atoms with Crippen molar-refractivity contribution in [2.45, 2.75) is 25.7 Å². The second-order valence-corrected chi connectivity index (χ2v) is 7.59. The minimum absolute atomic E-state index is 0.179. The average molecular weight is 392 g/mol. The number of thiophene rings is 1. The zero-order chi connectivity index (χ0) is 18.6. The minimum Gasteiger partial charge on any atom is -0.411 e. The summed E-state index contributed by atoms with van der Waals surface area (Å²) in [6, 6.07) is 15.9. The van der Waals surface area contributed by atoms with Crippen LogP contribution >= 0.6 is 23.6 Å². The Hall–Kier alpha value is -2.75. The summed E-state index contributed by atoms with van der Waals surface area (Å²) in [6.45, 7) is 0. The van der Waals surface area contributed by atoms with Crippen molar-refractivity contribution in [3.8, 4) is 22.4 Å². The first-order valence-corrected chi connectivity index (χ1v) is 10.1. The van der Waals surface area contributed by atoms with E-state index >= 15 is 0 Å². The lowest BCUT2D eigenvalue weighted by atomic mass is 9.89. The molecule has 0 unspecified atom stereocenters. The summed E-state index contributed by atoms with van der Waals surface area (Å²) in [5.74, 6) is 0.287. The molecule has 4 rings (SSSR count). The second kappa shape index (κ2) is 7.87. The predicted molar refractivity (Wildman–Crippen MR) is 112 cm³/mol. The smallest absolute Gasteiger partial charge is 0.268 e. The Balaban J connectivity index is 1.73. The van der Waals surface area contributed by atoms with Crippen molar-refractivity contribution in [1.29, 1.82) is 5.26 Å². The van der Waals surface area contributed by atoms with E-state index in [1.165, 1.54) is 5.56 Å². The normalized spacial score (nSPS) is 12.7. The molecular weight excluding hydrogens is 374 g/mol. The van der Waals surface area contributed by atoms with Gasteiger partial charge in [0.15, 0.2) is 0 Å². The molecule has 1 aromatic carbocycles. The van der Waals surface area contributed by atoms with Crippen LogP contribution in [0.15, 0.2) is 47.8 Å². The van der Waals surface area contributed by atoms with Crippen LogP contribution in [0.1, 0.15) is 29.7 Å². The number of nitrogens with zero attached hydrogens (tertiary/aromatic N) is 2. The lowest BCUT2D eigenvalue weighted by molar-refractivity contribution is 0.527. The molecule has 0 atom stereocenters. The molecule has 1 aliphatic rings. The highest BCUT2D eigenvalue weighted by Crippen LogP contribution is 2.39. The van der Waals surface area contributed by atoms with Crippen LogP contribution in [0.5, 0.6) is 5.88 Å². The molecule has 0 saturated carbocycles. The number of rotatable bonds is 3. The van der Waals surface area contributed by atoms with Crippen LogP contribution in [0.3, 0.4) is 0 Å². The Labute approximate surface area is 167 Å². The van der Waals surface area contributed by atoms with Crippen molar-refractivity contribution >= 4 is 34.4 Å². The SMILES string of the molecule is N#Cc1c(OC(=S)Nc2ccccc2)nc2c(c1-c1cccs1)CCCC2. The molecule has 1 aliphatic carbocycles. The lowest BCUT2D eigenvalue weighted by Crippen LogP contribution is -2.19. The van der Waals surface area contributed by atoms with Gasteiger partial charge in [0.1, 0.15) is 11.6 Å². The highest BCUT2D eigenvalue weighted by atomic mass is 32.1. The third-order valence-electron chi connectivity index (χ3n) is 4.53. The molecule has 0 fully saturated rings. The van der Waals surface area contributed by atoms with Gasteiger partial charge in [0.05, 0.1) is 0 Å². The first-order valence-electron chi connectivity index (χ1n) is 8.80. The number of nitriles is 1. The van der Waals surface area contributed by atoms with Crippen LogP contribution in [0.2, 0.25) is 0 Å². The second-order valence-electron chi connectivity index (χ2n) is 6.27. The Kier molecular flexibility index (Phi) is 5.14. The fraction of sp³-hybridized carbons (Fsp3) is 0.190. The molecule has 6 heteroatoms. The van der Waals surface area contributed by atoms with Gasteiger partial charge in [-0.05, 0) is 67.0 Å². The monoisotopic (exact) mass is 391 g/mol. The summed E-state index contributed by atoms with van der Waals surface area (Å²) in [4.78, 5) is 5.74. The van der Waals surface area contributed by atoms with Crippen molar-refractivity contribution in [2.75, 3.05) is 5.32 Å². The largest absolute Gasteiger partial charge is 0.411 e. The Morgan fingerprint density at radius 2 is 1.96 bits per heavy atom. The highest BCUT2D eigenvalue weighted by molar-refractivity contribution is 7.80. The zero-order valence-corrected chi connectivity index (χ0v) is 16.2. The number of thiocarbonyl (C=S) groups is 1. The number of ether oxygens (including phenoxy) is 1. The molecule has 0 radical (unpaired) electrons. The molecule has 134 valence electrons. The number of anilines is 1. The van der Waals surface area contributed by atoms with Crippen LogP contribution in [-0.4, -0.2) is 10.2 Å². The Morgan fingerprint density at radius 3 is 2.70 bits per heavy atom. The van der Waals surface area contributed by atoms with E-state index in [0.29, 0.717) is 5.56 Å². The van der Waals surface area contributed by atoms with Crippen LogP contribution in [0.4, 0.5) is 5.69 Å². The first-order chi connectivity index (χ1) is 13.3. The van der Waals surface area contributed by atoms with Gasteiger partial charge in [-0.1, -0.05) is 24.3 Å². The van der Waals surface area contributed by atoms with E-state index in [4.69, 9.17) is 17.0 Å². The number of nitrogens with one attached hydrogen (secondary N) is 1. The molecule has 0 saturated heterocycles. The van der Waals surface area contributed by atoms with Crippen LogP contribution in [0, 0.1) is 11.3 Å². The summed E-state index contributed by atoms with van der Waals surface area (Å²) in [7, 11) is 0. The zero-order valence-electron chi connectivity index (χ0n) is 14.6. The number of fused-ring (bicyclic) bond motifs is 1. The van der Waals surface area contributed by atoms with E-state index in [2.05, 4.69) is 16.4 Å². The maximum Gasteiger partial charge on any atom is 0.268 e. The van der Waals surface area contributed by atoms with Crippen molar-refractivity contribution < 1.29 is 4.74 Å². The minimum atomic E-state index is 0.179. The average Bonchev–Trinajstić information content (AvgIpc) is 3.22.